The quantitative estimate of drug-likeness (QED) is 0.843. The summed E-state index contributed by atoms with van der Waals surface area (Å²) >= 11 is 0. The number of anilines is 1. The van der Waals surface area contributed by atoms with Crippen LogP contribution in [-0.4, -0.2) is 46.3 Å². The molecule has 146 valence electrons. The van der Waals surface area contributed by atoms with Crippen molar-refractivity contribution in [3.63, 3.8) is 0 Å². The summed E-state index contributed by atoms with van der Waals surface area (Å²) < 4.78 is 28.7. The van der Waals surface area contributed by atoms with Gasteiger partial charge in [-0.15, -0.1) is 0 Å². The number of sulfonamides is 1. The highest BCUT2D eigenvalue weighted by molar-refractivity contribution is 7.89. The number of piperidine rings is 1. The van der Waals surface area contributed by atoms with Crippen molar-refractivity contribution in [2.45, 2.75) is 44.7 Å². The van der Waals surface area contributed by atoms with Gasteiger partial charge in [-0.3, -0.25) is 4.79 Å². The Kier molecular flexibility index (Phi) is 5.61. The zero-order valence-electron chi connectivity index (χ0n) is 15.8. The Hall–Kier alpha value is -2.26. The Bertz CT molecular complexity index is 915. The molecule has 27 heavy (non-hydrogen) atoms. The molecule has 9 heteroatoms. The number of nitrogens with zero attached hydrogens (tertiary/aromatic N) is 4. The van der Waals surface area contributed by atoms with E-state index < -0.39 is 10.0 Å². The average molecular weight is 391 g/mol. The maximum atomic E-state index is 12.8. The van der Waals surface area contributed by atoms with Gasteiger partial charge in [-0.25, -0.2) is 18.4 Å². The van der Waals surface area contributed by atoms with E-state index in [4.69, 9.17) is 0 Å². The van der Waals surface area contributed by atoms with Crippen molar-refractivity contribution in [1.29, 1.82) is 0 Å². The maximum Gasteiger partial charge on any atom is 0.262 e. The Labute approximate surface area is 159 Å². The number of nitrogens with one attached hydrogen (secondary N) is 1. The van der Waals surface area contributed by atoms with E-state index in [1.807, 2.05) is 32.9 Å². The zero-order chi connectivity index (χ0) is 19.6. The van der Waals surface area contributed by atoms with Crippen molar-refractivity contribution in [2.24, 2.45) is 5.92 Å². The molecule has 0 atom stereocenters. The largest absolute Gasteiger partial charge is 0.334 e. The predicted molar refractivity (Wildman–Crippen MR) is 102 cm³/mol. The van der Waals surface area contributed by atoms with Crippen LogP contribution in [0.15, 0.2) is 35.9 Å². The van der Waals surface area contributed by atoms with Crippen LogP contribution in [0.5, 0.6) is 0 Å². The number of rotatable bonds is 5. The molecular weight excluding hydrogens is 366 g/mol. The number of pyridine rings is 1. The molecule has 0 bridgehead atoms. The van der Waals surface area contributed by atoms with E-state index >= 15 is 0 Å². The number of carbonyl (C=O) groups excluding carboxylic acids is 1. The molecule has 1 aliphatic heterocycles. The molecule has 0 aromatic carbocycles. The van der Waals surface area contributed by atoms with E-state index in [2.05, 4.69) is 15.3 Å². The molecule has 1 N–H and O–H groups in total. The lowest BCUT2D eigenvalue weighted by atomic mass is 9.97. The van der Waals surface area contributed by atoms with Crippen LogP contribution in [0.4, 0.5) is 5.82 Å². The summed E-state index contributed by atoms with van der Waals surface area (Å²) in [4.78, 5) is 20.7. The second kappa shape index (κ2) is 7.77. The minimum atomic E-state index is -3.63. The number of hydrogen-bond donors (Lipinski definition) is 1. The van der Waals surface area contributed by atoms with Crippen molar-refractivity contribution in [2.75, 3.05) is 18.4 Å². The van der Waals surface area contributed by atoms with Gasteiger partial charge in [-0.1, -0.05) is 6.07 Å². The van der Waals surface area contributed by atoms with Crippen LogP contribution in [0.2, 0.25) is 0 Å². The molecular formula is C18H25N5O3S. The zero-order valence-corrected chi connectivity index (χ0v) is 16.6. The van der Waals surface area contributed by atoms with Crippen LogP contribution in [-0.2, 0) is 14.8 Å². The van der Waals surface area contributed by atoms with Gasteiger partial charge in [0.15, 0.2) is 5.03 Å². The van der Waals surface area contributed by atoms with E-state index in [1.54, 1.807) is 17.0 Å². The molecule has 0 radical (unpaired) electrons. The Morgan fingerprint density at radius 2 is 1.96 bits per heavy atom. The van der Waals surface area contributed by atoms with Gasteiger partial charge in [0.1, 0.15) is 5.82 Å². The third kappa shape index (κ3) is 4.19. The molecule has 1 saturated heterocycles. The first-order chi connectivity index (χ1) is 12.8. The highest BCUT2D eigenvalue weighted by Gasteiger charge is 2.33. The van der Waals surface area contributed by atoms with E-state index in [0.717, 1.165) is 5.56 Å². The molecule has 3 rings (SSSR count). The van der Waals surface area contributed by atoms with E-state index in [1.165, 1.54) is 10.6 Å². The summed E-state index contributed by atoms with van der Waals surface area (Å²) in [7, 11) is -3.63. The molecule has 1 fully saturated rings. The van der Waals surface area contributed by atoms with Crippen LogP contribution in [0.1, 0.15) is 38.3 Å². The van der Waals surface area contributed by atoms with Crippen LogP contribution in [0.3, 0.4) is 0 Å². The lowest BCUT2D eigenvalue weighted by Crippen LogP contribution is -2.41. The van der Waals surface area contributed by atoms with Gasteiger partial charge < -0.3 is 9.88 Å². The summed E-state index contributed by atoms with van der Waals surface area (Å²) in [5.74, 6) is 0.209. The van der Waals surface area contributed by atoms with Crippen LogP contribution in [0, 0.1) is 12.8 Å². The summed E-state index contributed by atoms with van der Waals surface area (Å²) in [6.07, 6.45) is 5.67. The van der Waals surface area contributed by atoms with Gasteiger partial charge in [-0.05, 0) is 45.2 Å². The minimum Gasteiger partial charge on any atom is -0.334 e. The molecule has 0 saturated carbocycles. The SMILES string of the molecule is Cc1cccnc1NC(=O)C1CCN(S(=O)(=O)c2cn(C(C)C)cn2)CC1. The highest BCUT2D eigenvalue weighted by atomic mass is 32.2. The highest BCUT2D eigenvalue weighted by Crippen LogP contribution is 2.25. The molecule has 0 unspecified atom stereocenters. The summed E-state index contributed by atoms with van der Waals surface area (Å²) in [6.45, 7) is 6.41. The van der Waals surface area contributed by atoms with E-state index in [9.17, 15) is 13.2 Å². The van der Waals surface area contributed by atoms with E-state index in [-0.39, 0.29) is 22.9 Å². The predicted octanol–water partition coefficient (Wildman–Crippen LogP) is 2.21. The third-order valence-corrected chi connectivity index (χ3v) is 6.64. The topological polar surface area (TPSA) is 97.2 Å². The normalized spacial score (nSPS) is 16.6. The van der Waals surface area contributed by atoms with Crippen molar-refractivity contribution < 1.29 is 13.2 Å². The molecule has 2 aromatic rings. The van der Waals surface area contributed by atoms with Crippen molar-refractivity contribution in [3.05, 3.63) is 36.4 Å². The summed E-state index contributed by atoms with van der Waals surface area (Å²) in [5, 5.41) is 2.91. The second-order valence-electron chi connectivity index (χ2n) is 7.09. The van der Waals surface area contributed by atoms with Crippen molar-refractivity contribution >= 4 is 21.7 Å². The molecule has 0 aliphatic carbocycles. The van der Waals surface area contributed by atoms with E-state index in [0.29, 0.717) is 31.7 Å². The van der Waals surface area contributed by atoms with Crippen LogP contribution < -0.4 is 5.32 Å². The number of hydrogen-bond acceptors (Lipinski definition) is 5. The standard InChI is InChI=1S/C18H25N5O3S/c1-13(2)22-11-16(20-12-22)27(25,26)23-9-6-15(7-10-23)18(24)21-17-14(3)5-4-8-19-17/h4-5,8,11-13,15H,6-7,9-10H2,1-3H3,(H,19,21,24). The van der Waals surface area contributed by atoms with Gasteiger partial charge in [-0.2, -0.15) is 4.31 Å². The molecule has 0 spiro atoms. The number of amides is 1. The molecule has 1 amide bonds. The first kappa shape index (κ1) is 19.5. The molecule has 3 heterocycles. The third-order valence-electron chi connectivity index (χ3n) is 4.85. The fourth-order valence-electron chi connectivity index (χ4n) is 3.06. The second-order valence-corrected chi connectivity index (χ2v) is 8.97. The first-order valence-corrected chi connectivity index (χ1v) is 10.5. The fraction of sp³-hybridized carbons (Fsp3) is 0.500. The van der Waals surface area contributed by atoms with Gasteiger partial charge in [0.2, 0.25) is 5.91 Å². The van der Waals surface area contributed by atoms with Gasteiger partial charge in [0.05, 0.1) is 6.33 Å². The monoisotopic (exact) mass is 391 g/mol. The average Bonchev–Trinajstić information content (AvgIpc) is 3.15. The molecule has 2 aromatic heterocycles. The Morgan fingerprint density at radius 3 is 2.56 bits per heavy atom. The van der Waals surface area contributed by atoms with Crippen LogP contribution >= 0.6 is 0 Å². The fourth-order valence-corrected chi connectivity index (χ4v) is 4.45. The number of aromatic nitrogens is 3. The van der Waals surface area contributed by atoms with Gasteiger partial charge in [0.25, 0.3) is 10.0 Å². The smallest absolute Gasteiger partial charge is 0.262 e. The molecule has 8 nitrogen and oxygen atoms in total. The minimum absolute atomic E-state index is 0.0585. The maximum absolute atomic E-state index is 12.8. The summed E-state index contributed by atoms with van der Waals surface area (Å²) in [5.41, 5.74) is 0.895. The lowest BCUT2D eigenvalue weighted by Gasteiger charge is -2.29. The lowest BCUT2D eigenvalue weighted by molar-refractivity contribution is -0.120. The van der Waals surface area contributed by atoms with Gasteiger partial charge in [0, 0.05) is 37.4 Å². The number of carbonyl (C=O) groups is 1. The number of imidazole rings is 1. The van der Waals surface area contributed by atoms with Crippen LogP contribution in [0.25, 0.3) is 0 Å². The summed E-state index contributed by atoms with van der Waals surface area (Å²) in [6, 6.07) is 3.84. The van der Waals surface area contributed by atoms with Crippen molar-refractivity contribution in [3.8, 4) is 0 Å². The Morgan fingerprint density at radius 1 is 1.26 bits per heavy atom. The molecule has 1 aliphatic rings. The Balaban J connectivity index is 1.62. The van der Waals surface area contributed by atoms with Gasteiger partial charge >= 0.3 is 0 Å². The first-order valence-electron chi connectivity index (χ1n) is 9.05. The number of aryl methyl sites for hydroxylation is 1. The van der Waals surface area contributed by atoms with Crippen molar-refractivity contribution in [1.82, 2.24) is 18.8 Å².